The van der Waals surface area contributed by atoms with Crippen molar-refractivity contribution in [1.29, 1.82) is 0 Å². The molecule has 1 atom stereocenters. The molecule has 138 valence electrons. The summed E-state index contributed by atoms with van der Waals surface area (Å²) in [6, 6.07) is 5.97. The fraction of sp³-hybridized carbons (Fsp3) is 0.556. The average molecular weight is 354 g/mol. The van der Waals surface area contributed by atoms with E-state index in [9.17, 15) is 18.4 Å². The molecule has 0 aliphatic carbocycles. The van der Waals surface area contributed by atoms with Crippen LogP contribution in [-0.4, -0.2) is 36.4 Å². The largest absolute Gasteiger partial charge is 0.434 e. The highest BCUT2D eigenvalue weighted by molar-refractivity contribution is 5.85. The van der Waals surface area contributed by atoms with Gasteiger partial charge < -0.3 is 15.0 Å². The summed E-state index contributed by atoms with van der Waals surface area (Å²) < 4.78 is 29.7. The van der Waals surface area contributed by atoms with Gasteiger partial charge in [-0.25, -0.2) is 0 Å². The number of benzene rings is 1. The molecule has 1 aliphatic rings. The third-order valence-corrected chi connectivity index (χ3v) is 4.26. The zero-order chi connectivity index (χ0) is 18.2. The maximum atomic E-state index is 12.6. The van der Waals surface area contributed by atoms with Gasteiger partial charge in [-0.15, -0.1) is 0 Å². The van der Waals surface area contributed by atoms with Crippen LogP contribution in [0, 0.1) is 0 Å². The lowest BCUT2D eigenvalue weighted by molar-refractivity contribution is -0.135. The van der Waals surface area contributed by atoms with Crippen molar-refractivity contribution in [3.05, 3.63) is 29.8 Å². The SMILES string of the molecule is CC[C@@H](NC(=O)CN1CCCCCC1=O)c1ccccc1OC(F)F. The number of nitrogens with zero attached hydrogens (tertiary/aromatic N) is 1. The van der Waals surface area contributed by atoms with Crippen LogP contribution in [0.4, 0.5) is 8.78 Å². The van der Waals surface area contributed by atoms with Gasteiger partial charge in [0.1, 0.15) is 5.75 Å². The van der Waals surface area contributed by atoms with Gasteiger partial charge in [0.15, 0.2) is 0 Å². The van der Waals surface area contributed by atoms with E-state index in [1.165, 1.54) is 6.07 Å². The number of hydrogen-bond acceptors (Lipinski definition) is 3. The molecule has 0 spiro atoms. The lowest BCUT2D eigenvalue weighted by atomic mass is 10.0. The van der Waals surface area contributed by atoms with Gasteiger partial charge in [-0.1, -0.05) is 31.5 Å². The summed E-state index contributed by atoms with van der Waals surface area (Å²) in [6.07, 6.45) is 3.72. The molecule has 1 aromatic rings. The Morgan fingerprint density at radius 3 is 2.76 bits per heavy atom. The topological polar surface area (TPSA) is 58.6 Å². The molecule has 0 saturated carbocycles. The van der Waals surface area contributed by atoms with Gasteiger partial charge in [0.25, 0.3) is 0 Å². The van der Waals surface area contributed by atoms with Gasteiger partial charge in [0, 0.05) is 18.5 Å². The van der Waals surface area contributed by atoms with Gasteiger partial charge >= 0.3 is 6.61 Å². The van der Waals surface area contributed by atoms with E-state index < -0.39 is 12.7 Å². The van der Waals surface area contributed by atoms with Crippen molar-refractivity contribution in [3.8, 4) is 5.75 Å². The van der Waals surface area contributed by atoms with Crippen molar-refractivity contribution >= 4 is 11.8 Å². The molecule has 1 fully saturated rings. The Hall–Kier alpha value is -2.18. The minimum absolute atomic E-state index is 0.00674. The third-order valence-electron chi connectivity index (χ3n) is 4.26. The van der Waals surface area contributed by atoms with Crippen molar-refractivity contribution in [2.75, 3.05) is 13.1 Å². The molecule has 1 heterocycles. The predicted octanol–water partition coefficient (Wildman–Crippen LogP) is 3.26. The van der Waals surface area contributed by atoms with Crippen LogP contribution in [0.1, 0.15) is 50.6 Å². The van der Waals surface area contributed by atoms with Crippen molar-refractivity contribution < 1.29 is 23.1 Å². The second kappa shape index (κ2) is 9.34. The molecule has 0 radical (unpaired) electrons. The average Bonchev–Trinajstić information content (AvgIpc) is 2.77. The number of likely N-dealkylation sites (tertiary alicyclic amines) is 1. The van der Waals surface area contributed by atoms with E-state index in [1.807, 2.05) is 6.92 Å². The minimum Gasteiger partial charge on any atom is -0.434 e. The smallest absolute Gasteiger partial charge is 0.387 e. The Morgan fingerprint density at radius 2 is 2.04 bits per heavy atom. The zero-order valence-electron chi connectivity index (χ0n) is 14.3. The number of halogens is 2. The fourth-order valence-corrected chi connectivity index (χ4v) is 2.99. The van der Waals surface area contributed by atoms with Crippen LogP contribution in [0.25, 0.3) is 0 Å². The summed E-state index contributed by atoms with van der Waals surface area (Å²) in [5.41, 5.74) is 0.501. The molecular formula is C18H24F2N2O3. The van der Waals surface area contributed by atoms with Gasteiger partial charge in [0.2, 0.25) is 11.8 Å². The monoisotopic (exact) mass is 354 g/mol. The summed E-state index contributed by atoms with van der Waals surface area (Å²) in [7, 11) is 0. The van der Waals surface area contributed by atoms with Crippen LogP contribution in [0.15, 0.2) is 24.3 Å². The summed E-state index contributed by atoms with van der Waals surface area (Å²) in [5, 5.41) is 2.83. The Bertz CT molecular complexity index is 595. The number of carbonyl (C=O) groups excluding carboxylic acids is 2. The molecule has 25 heavy (non-hydrogen) atoms. The maximum absolute atomic E-state index is 12.6. The molecule has 1 aliphatic heterocycles. The highest BCUT2D eigenvalue weighted by Crippen LogP contribution is 2.28. The molecule has 1 aromatic carbocycles. The number of nitrogens with one attached hydrogen (secondary N) is 1. The van der Waals surface area contributed by atoms with E-state index in [-0.39, 0.29) is 24.1 Å². The van der Waals surface area contributed by atoms with Crippen LogP contribution < -0.4 is 10.1 Å². The van der Waals surface area contributed by atoms with Gasteiger partial charge in [-0.2, -0.15) is 8.78 Å². The lowest BCUT2D eigenvalue weighted by Gasteiger charge is -2.24. The number of ether oxygens (including phenoxy) is 1. The number of alkyl halides is 2. The van der Waals surface area contributed by atoms with E-state index in [0.717, 1.165) is 19.3 Å². The van der Waals surface area contributed by atoms with E-state index >= 15 is 0 Å². The molecule has 7 heteroatoms. The summed E-state index contributed by atoms with van der Waals surface area (Å²) >= 11 is 0. The maximum Gasteiger partial charge on any atom is 0.387 e. The van der Waals surface area contributed by atoms with E-state index in [4.69, 9.17) is 0 Å². The zero-order valence-corrected chi connectivity index (χ0v) is 14.3. The van der Waals surface area contributed by atoms with Crippen LogP contribution in [0.5, 0.6) is 5.75 Å². The van der Waals surface area contributed by atoms with Gasteiger partial charge in [-0.05, 0) is 25.3 Å². The van der Waals surface area contributed by atoms with Crippen LogP contribution in [-0.2, 0) is 9.59 Å². The molecule has 1 N–H and O–H groups in total. The van der Waals surface area contributed by atoms with Gasteiger partial charge in [0.05, 0.1) is 12.6 Å². The van der Waals surface area contributed by atoms with Crippen LogP contribution in [0.3, 0.4) is 0 Å². The molecular weight excluding hydrogens is 330 g/mol. The number of carbonyl (C=O) groups is 2. The lowest BCUT2D eigenvalue weighted by Crippen LogP contribution is -2.41. The molecule has 2 rings (SSSR count). The summed E-state index contributed by atoms with van der Waals surface area (Å²) in [4.78, 5) is 25.9. The molecule has 0 aromatic heterocycles. The molecule has 0 unspecified atom stereocenters. The highest BCUT2D eigenvalue weighted by Gasteiger charge is 2.22. The van der Waals surface area contributed by atoms with E-state index in [2.05, 4.69) is 10.1 Å². The summed E-state index contributed by atoms with van der Waals surface area (Å²) in [6.45, 7) is -0.508. The van der Waals surface area contributed by atoms with E-state index in [0.29, 0.717) is 24.9 Å². The standard InChI is InChI=1S/C18H24F2N2O3/c1-2-14(13-8-5-6-9-15(13)25-18(19)20)21-16(23)12-22-11-7-3-4-10-17(22)24/h5-6,8-9,14,18H,2-4,7,10-12H2,1H3,(H,21,23)/t14-/m1/s1. The van der Waals surface area contributed by atoms with Crippen molar-refractivity contribution in [1.82, 2.24) is 10.2 Å². The first kappa shape index (κ1) is 19.1. The quantitative estimate of drug-likeness (QED) is 0.818. The number of amides is 2. The first-order valence-corrected chi connectivity index (χ1v) is 8.62. The van der Waals surface area contributed by atoms with Gasteiger partial charge in [-0.3, -0.25) is 9.59 Å². The van der Waals surface area contributed by atoms with Crippen molar-refractivity contribution in [3.63, 3.8) is 0 Å². The molecule has 1 saturated heterocycles. The normalized spacial score (nSPS) is 16.5. The summed E-state index contributed by atoms with van der Waals surface area (Å²) in [5.74, 6) is -0.258. The number of rotatable bonds is 7. The number of hydrogen-bond donors (Lipinski definition) is 1. The molecule has 0 bridgehead atoms. The first-order chi connectivity index (χ1) is 12.0. The third kappa shape index (κ3) is 5.69. The van der Waals surface area contributed by atoms with Crippen molar-refractivity contribution in [2.45, 2.75) is 51.7 Å². The molecule has 5 nitrogen and oxygen atoms in total. The fourth-order valence-electron chi connectivity index (χ4n) is 2.99. The highest BCUT2D eigenvalue weighted by atomic mass is 19.3. The minimum atomic E-state index is -2.93. The predicted molar refractivity (Wildman–Crippen MR) is 89.3 cm³/mol. The van der Waals surface area contributed by atoms with Crippen LogP contribution in [0.2, 0.25) is 0 Å². The first-order valence-electron chi connectivity index (χ1n) is 8.62. The molecule has 2 amide bonds. The Balaban J connectivity index is 2.03. The Kier molecular flexibility index (Phi) is 7.16. The Labute approximate surface area is 146 Å². The second-order valence-corrected chi connectivity index (χ2v) is 6.07. The number of para-hydroxylation sites is 1. The van der Waals surface area contributed by atoms with Crippen molar-refractivity contribution in [2.24, 2.45) is 0 Å². The second-order valence-electron chi connectivity index (χ2n) is 6.07. The van der Waals surface area contributed by atoms with Crippen LogP contribution >= 0.6 is 0 Å². The van der Waals surface area contributed by atoms with E-state index in [1.54, 1.807) is 23.1 Å². The Morgan fingerprint density at radius 1 is 1.28 bits per heavy atom.